The number of carbonyl (C=O) groups excluding carboxylic acids is 1. The van der Waals surface area contributed by atoms with Gasteiger partial charge in [-0.3, -0.25) is 4.79 Å². The van der Waals surface area contributed by atoms with Gasteiger partial charge in [0.2, 0.25) is 0 Å². The molecule has 128 valence electrons. The fourth-order valence-electron chi connectivity index (χ4n) is 2.68. The Morgan fingerprint density at radius 3 is 2.58 bits per heavy atom. The first kappa shape index (κ1) is 16.4. The SMILES string of the molecule is COc1cn(-c2cccc(C(F)(F)F)c2)nc1C(=O)N1CCCC1. The number of rotatable bonds is 3. The zero-order valence-corrected chi connectivity index (χ0v) is 13.0. The summed E-state index contributed by atoms with van der Waals surface area (Å²) in [6.07, 6.45) is -1.16. The molecule has 2 aromatic rings. The Bertz CT molecular complexity index is 749. The molecule has 0 spiro atoms. The van der Waals surface area contributed by atoms with Gasteiger partial charge < -0.3 is 9.64 Å². The second-order valence-electron chi connectivity index (χ2n) is 5.54. The van der Waals surface area contributed by atoms with Gasteiger partial charge in [0.25, 0.3) is 5.91 Å². The van der Waals surface area contributed by atoms with E-state index in [0.717, 1.165) is 25.0 Å². The number of aromatic nitrogens is 2. The van der Waals surface area contributed by atoms with Crippen LogP contribution in [0.15, 0.2) is 30.5 Å². The van der Waals surface area contributed by atoms with Crippen LogP contribution in [0.5, 0.6) is 5.75 Å². The molecule has 2 heterocycles. The molecular weight excluding hydrogens is 323 g/mol. The monoisotopic (exact) mass is 339 g/mol. The van der Waals surface area contributed by atoms with Gasteiger partial charge in [-0.15, -0.1) is 0 Å². The number of methoxy groups -OCH3 is 1. The molecule has 1 saturated heterocycles. The average molecular weight is 339 g/mol. The molecule has 3 rings (SSSR count). The van der Waals surface area contributed by atoms with Crippen molar-refractivity contribution < 1.29 is 22.7 Å². The summed E-state index contributed by atoms with van der Waals surface area (Å²) in [5.41, 5.74) is -0.456. The lowest BCUT2D eigenvalue weighted by Gasteiger charge is -2.13. The zero-order chi connectivity index (χ0) is 17.3. The minimum atomic E-state index is -4.44. The zero-order valence-electron chi connectivity index (χ0n) is 13.0. The lowest BCUT2D eigenvalue weighted by atomic mass is 10.2. The first-order valence-corrected chi connectivity index (χ1v) is 7.50. The second kappa shape index (κ2) is 6.18. The third-order valence-corrected chi connectivity index (χ3v) is 3.93. The van der Waals surface area contributed by atoms with E-state index in [1.807, 2.05) is 0 Å². The minimum absolute atomic E-state index is 0.108. The van der Waals surface area contributed by atoms with Crippen LogP contribution in [-0.4, -0.2) is 40.8 Å². The predicted octanol–water partition coefficient (Wildman–Crippen LogP) is 3.14. The maximum Gasteiger partial charge on any atom is 0.416 e. The molecule has 1 aromatic heterocycles. The molecule has 1 aliphatic rings. The molecule has 0 bridgehead atoms. The van der Waals surface area contributed by atoms with Gasteiger partial charge >= 0.3 is 6.18 Å². The maximum absolute atomic E-state index is 12.9. The van der Waals surface area contributed by atoms with Gasteiger partial charge in [-0.05, 0) is 31.0 Å². The molecule has 0 saturated carbocycles. The third kappa shape index (κ3) is 3.08. The number of benzene rings is 1. The van der Waals surface area contributed by atoms with E-state index < -0.39 is 11.7 Å². The van der Waals surface area contributed by atoms with Crippen LogP contribution in [0.4, 0.5) is 13.2 Å². The molecule has 0 unspecified atom stereocenters. The van der Waals surface area contributed by atoms with E-state index in [2.05, 4.69) is 5.10 Å². The van der Waals surface area contributed by atoms with Crippen LogP contribution in [0.2, 0.25) is 0 Å². The smallest absolute Gasteiger partial charge is 0.416 e. The van der Waals surface area contributed by atoms with Gasteiger partial charge in [0.05, 0.1) is 24.6 Å². The maximum atomic E-state index is 12.9. The van der Waals surface area contributed by atoms with Crippen molar-refractivity contribution in [3.63, 3.8) is 0 Å². The van der Waals surface area contributed by atoms with Crippen molar-refractivity contribution in [3.8, 4) is 11.4 Å². The Labute approximate surface area is 136 Å². The Kier molecular flexibility index (Phi) is 4.21. The van der Waals surface area contributed by atoms with Crippen LogP contribution in [0.25, 0.3) is 5.69 Å². The molecule has 0 atom stereocenters. The normalized spacial score (nSPS) is 14.9. The van der Waals surface area contributed by atoms with Gasteiger partial charge in [-0.1, -0.05) is 6.07 Å². The molecule has 0 N–H and O–H groups in total. The van der Waals surface area contributed by atoms with Crippen LogP contribution in [0, 0.1) is 0 Å². The van der Waals surface area contributed by atoms with Crippen molar-refractivity contribution in [2.45, 2.75) is 19.0 Å². The number of likely N-dealkylation sites (tertiary alicyclic amines) is 1. The number of hydrogen-bond acceptors (Lipinski definition) is 3. The predicted molar refractivity (Wildman–Crippen MR) is 80.3 cm³/mol. The summed E-state index contributed by atoms with van der Waals surface area (Å²) in [7, 11) is 1.40. The van der Waals surface area contributed by atoms with E-state index in [9.17, 15) is 18.0 Å². The highest BCUT2D eigenvalue weighted by atomic mass is 19.4. The molecule has 24 heavy (non-hydrogen) atoms. The summed E-state index contributed by atoms with van der Waals surface area (Å²) in [4.78, 5) is 14.2. The summed E-state index contributed by atoms with van der Waals surface area (Å²) in [5, 5.41) is 4.15. The number of alkyl halides is 3. The fraction of sp³-hybridized carbons (Fsp3) is 0.375. The first-order chi connectivity index (χ1) is 11.4. The van der Waals surface area contributed by atoms with Crippen molar-refractivity contribution in [3.05, 3.63) is 41.7 Å². The van der Waals surface area contributed by atoms with E-state index in [1.54, 1.807) is 4.90 Å². The van der Waals surface area contributed by atoms with Gasteiger partial charge in [-0.25, -0.2) is 4.68 Å². The van der Waals surface area contributed by atoms with Gasteiger partial charge in [-0.2, -0.15) is 18.3 Å². The molecule has 1 aromatic carbocycles. The van der Waals surface area contributed by atoms with Crippen molar-refractivity contribution in [2.75, 3.05) is 20.2 Å². The molecule has 1 aliphatic heterocycles. The quantitative estimate of drug-likeness (QED) is 0.863. The number of halogens is 3. The van der Waals surface area contributed by atoms with E-state index >= 15 is 0 Å². The van der Waals surface area contributed by atoms with Gasteiger partial charge in [0, 0.05) is 13.1 Å². The Morgan fingerprint density at radius 2 is 1.96 bits per heavy atom. The van der Waals surface area contributed by atoms with Crippen molar-refractivity contribution in [2.24, 2.45) is 0 Å². The summed E-state index contributed by atoms with van der Waals surface area (Å²) < 4.78 is 45.0. The van der Waals surface area contributed by atoms with Crippen molar-refractivity contribution in [1.82, 2.24) is 14.7 Å². The highest BCUT2D eigenvalue weighted by molar-refractivity contribution is 5.95. The van der Waals surface area contributed by atoms with Crippen molar-refractivity contribution >= 4 is 5.91 Å². The summed E-state index contributed by atoms with van der Waals surface area (Å²) >= 11 is 0. The highest BCUT2D eigenvalue weighted by Crippen LogP contribution is 2.31. The average Bonchev–Trinajstić information content (AvgIpc) is 3.23. The van der Waals surface area contributed by atoms with Gasteiger partial charge in [0.15, 0.2) is 11.4 Å². The molecular formula is C16H16F3N3O2. The second-order valence-corrected chi connectivity index (χ2v) is 5.54. The van der Waals surface area contributed by atoms with E-state index in [1.165, 1.54) is 30.1 Å². The van der Waals surface area contributed by atoms with Crippen LogP contribution >= 0.6 is 0 Å². The highest BCUT2D eigenvalue weighted by Gasteiger charge is 2.31. The van der Waals surface area contributed by atoms with E-state index in [-0.39, 0.29) is 23.0 Å². The number of hydrogen-bond donors (Lipinski definition) is 0. The molecule has 5 nitrogen and oxygen atoms in total. The van der Waals surface area contributed by atoms with Crippen LogP contribution < -0.4 is 4.74 Å². The summed E-state index contributed by atoms with van der Waals surface area (Å²) in [5.74, 6) is -0.0283. The standard InChI is InChI=1S/C16H16F3N3O2/c1-24-13-10-22(12-6-4-5-11(9-12)16(17,18)19)20-14(13)15(23)21-7-2-3-8-21/h4-6,9-10H,2-3,7-8H2,1H3. The van der Waals surface area contributed by atoms with E-state index in [0.29, 0.717) is 13.1 Å². The Balaban J connectivity index is 1.96. The molecule has 0 aliphatic carbocycles. The number of nitrogens with zero attached hydrogens (tertiary/aromatic N) is 3. The topological polar surface area (TPSA) is 47.4 Å². The molecule has 1 amide bonds. The Hall–Kier alpha value is -2.51. The lowest BCUT2D eigenvalue weighted by Crippen LogP contribution is -2.28. The number of amides is 1. The fourth-order valence-corrected chi connectivity index (χ4v) is 2.68. The summed E-state index contributed by atoms with van der Waals surface area (Å²) in [6, 6.07) is 4.76. The van der Waals surface area contributed by atoms with Crippen LogP contribution in [-0.2, 0) is 6.18 Å². The summed E-state index contributed by atoms with van der Waals surface area (Å²) in [6.45, 7) is 1.30. The Morgan fingerprint density at radius 1 is 1.25 bits per heavy atom. The number of ether oxygens (including phenoxy) is 1. The van der Waals surface area contributed by atoms with Crippen LogP contribution in [0.3, 0.4) is 0 Å². The molecule has 1 fully saturated rings. The minimum Gasteiger partial charge on any atom is -0.493 e. The largest absolute Gasteiger partial charge is 0.493 e. The molecule has 8 heteroatoms. The lowest BCUT2D eigenvalue weighted by molar-refractivity contribution is -0.137. The van der Waals surface area contributed by atoms with Gasteiger partial charge in [0.1, 0.15) is 0 Å². The molecule has 0 radical (unpaired) electrons. The van der Waals surface area contributed by atoms with Crippen molar-refractivity contribution in [1.29, 1.82) is 0 Å². The van der Waals surface area contributed by atoms with Crippen LogP contribution in [0.1, 0.15) is 28.9 Å². The first-order valence-electron chi connectivity index (χ1n) is 7.50. The number of carbonyl (C=O) groups is 1. The third-order valence-electron chi connectivity index (χ3n) is 3.93. The van der Waals surface area contributed by atoms with E-state index in [4.69, 9.17) is 4.74 Å².